The second kappa shape index (κ2) is 2.02. The molecule has 0 atom stereocenters. The van der Waals surface area contributed by atoms with Crippen LogP contribution in [0.2, 0.25) is 0 Å². The second-order valence-electron chi connectivity index (χ2n) is 1.85. The molecule has 5 heteroatoms. The Hall–Kier alpha value is -1.52. The van der Waals surface area contributed by atoms with Crippen LogP contribution in [0.5, 0.6) is 5.88 Å². The normalized spacial score (nSPS) is 9.70. The summed E-state index contributed by atoms with van der Waals surface area (Å²) in [6.07, 6.45) is 1.23. The highest BCUT2D eigenvalue weighted by Crippen LogP contribution is 2.11. The van der Waals surface area contributed by atoms with Crippen LogP contribution in [0.1, 0.15) is 10.4 Å². The number of aromatic carboxylic acids is 1. The van der Waals surface area contributed by atoms with Gasteiger partial charge in [-0.25, -0.2) is 4.79 Å². The lowest BCUT2D eigenvalue weighted by Crippen LogP contribution is -1.93. The molecule has 1 aromatic heterocycles. The van der Waals surface area contributed by atoms with Gasteiger partial charge in [0.1, 0.15) is 5.56 Å². The van der Waals surface area contributed by atoms with E-state index in [1.807, 2.05) is 0 Å². The lowest BCUT2D eigenvalue weighted by molar-refractivity contribution is 0.0693. The van der Waals surface area contributed by atoms with Crippen LogP contribution in [0, 0.1) is 0 Å². The zero-order chi connectivity index (χ0) is 7.72. The molecule has 0 saturated heterocycles. The molecule has 2 N–H and O–H groups in total. The van der Waals surface area contributed by atoms with Crippen LogP contribution in [-0.2, 0) is 7.05 Å². The molecule has 1 rings (SSSR count). The minimum atomic E-state index is -1.18. The van der Waals surface area contributed by atoms with E-state index in [4.69, 9.17) is 10.2 Å². The molecule has 0 bridgehead atoms. The van der Waals surface area contributed by atoms with Gasteiger partial charge in [-0.1, -0.05) is 0 Å². The first-order chi connectivity index (χ1) is 4.61. The third kappa shape index (κ3) is 0.928. The maximum Gasteiger partial charge on any atom is 0.342 e. The molecule has 0 fully saturated rings. The average Bonchev–Trinajstić information content (AvgIpc) is 2.10. The van der Waals surface area contributed by atoms with E-state index in [1.165, 1.54) is 17.9 Å². The summed E-state index contributed by atoms with van der Waals surface area (Å²) >= 11 is 0. The first-order valence-corrected chi connectivity index (χ1v) is 2.57. The summed E-state index contributed by atoms with van der Waals surface area (Å²) in [7, 11) is 1.53. The molecule has 0 unspecified atom stereocenters. The number of aromatic nitrogens is 2. The summed E-state index contributed by atoms with van der Waals surface area (Å²) < 4.78 is 1.23. The Balaban J connectivity index is 3.15. The maximum atomic E-state index is 10.2. The van der Waals surface area contributed by atoms with Crippen LogP contribution >= 0.6 is 0 Å². The molecule has 0 amide bonds. The monoisotopic (exact) mass is 142 g/mol. The van der Waals surface area contributed by atoms with E-state index in [2.05, 4.69) is 5.10 Å². The van der Waals surface area contributed by atoms with Gasteiger partial charge in [0.15, 0.2) is 0 Å². The number of aryl methyl sites for hydroxylation is 1. The Kier molecular flexibility index (Phi) is 1.33. The van der Waals surface area contributed by atoms with Gasteiger partial charge >= 0.3 is 5.97 Å². The summed E-state index contributed by atoms with van der Waals surface area (Å²) in [6, 6.07) is 0. The van der Waals surface area contributed by atoms with E-state index in [0.717, 1.165) is 0 Å². The van der Waals surface area contributed by atoms with Crippen molar-refractivity contribution in [2.24, 2.45) is 7.05 Å². The zero-order valence-corrected chi connectivity index (χ0v) is 5.27. The summed E-state index contributed by atoms with van der Waals surface area (Å²) in [5.41, 5.74) is -0.178. The summed E-state index contributed by atoms with van der Waals surface area (Å²) in [5.74, 6) is -1.62. The number of nitrogens with zero attached hydrogens (tertiary/aromatic N) is 2. The van der Waals surface area contributed by atoms with E-state index < -0.39 is 11.8 Å². The van der Waals surface area contributed by atoms with Crippen molar-refractivity contribution in [1.29, 1.82) is 0 Å². The number of hydrogen-bond donors (Lipinski definition) is 2. The summed E-state index contributed by atoms with van der Waals surface area (Å²) in [5, 5.41) is 20.6. The van der Waals surface area contributed by atoms with Crippen LogP contribution in [-0.4, -0.2) is 26.0 Å². The maximum absolute atomic E-state index is 10.2. The van der Waals surface area contributed by atoms with Crippen molar-refractivity contribution in [2.75, 3.05) is 0 Å². The Morgan fingerprint density at radius 1 is 1.80 bits per heavy atom. The SMILES string of the molecule is Cn1cc(C(=O)O)c(O)n1. The number of rotatable bonds is 1. The number of hydrogen-bond acceptors (Lipinski definition) is 3. The van der Waals surface area contributed by atoms with Gasteiger partial charge < -0.3 is 10.2 Å². The fraction of sp³-hybridized carbons (Fsp3) is 0.200. The second-order valence-corrected chi connectivity index (χ2v) is 1.85. The fourth-order valence-electron chi connectivity index (χ4n) is 0.628. The first kappa shape index (κ1) is 6.60. The van der Waals surface area contributed by atoms with E-state index in [0.29, 0.717) is 0 Å². The highest BCUT2D eigenvalue weighted by atomic mass is 16.4. The molecule has 0 aliphatic rings. The van der Waals surface area contributed by atoms with Gasteiger partial charge in [-0.3, -0.25) is 4.68 Å². The number of carboxylic acids is 1. The molecule has 0 radical (unpaired) electrons. The molecule has 1 aromatic rings. The van der Waals surface area contributed by atoms with Crippen molar-refractivity contribution in [1.82, 2.24) is 9.78 Å². The lowest BCUT2D eigenvalue weighted by Gasteiger charge is -1.83. The molecule has 0 aliphatic carbocycles. The van der Waals surface area contributed by atoms with Gasteiger partial charge in [0.05, 0.1) is 0 Å². The molecule has 5 nitrogen and oxygen atoms in total. The Labute approximate surface area is 56.5 Å². The van der Waals surface area contributed by atoms with Crippen molar-refractivity contribution < 1.29 is 15.0 Å². The van der Waals surface area contributed by atoms with Gasteiger partial charge in [0, 0.05) is 13.2 Å². The zero-order valence-electron chi connectivity index (χ0n) is 5.27. The quantitative estimate of drug-likeness (QED) is 0.570. The van der Waals surface area contributed by atoms with Crippen LogP contribution in [0.25, 0.3) is 0 Å². The average molecular weight is 142 g/mol. The van der Waals surface area contributed by atoms with Gasteiger partial charge in [0.25, 0.3) is 0 Å². The third-order valence-corrected chi connectivity index (χ3v) is 1.04. The van der Waals surface area contributed by atoms with Crippen LogP contribution in [0.4, 0.5) is 0 Å². The van der Waals surface area contributed by atoms with E-state index in [9.17, 15) is 4.79 Å². The van der Waals surface area contributed by atoms with E-state index in [-0.39, 0.29) is 5.56 Å². The highest BCUT2D eigenvalue weighted by Gasteiger charge is 2.12. The van der Waals surface area contributed by atoms with Crippen LogP contribution in [0.15, 0.2) is 6.20 Å². The number of carboxylic acid groups (broad SMARTS) is 1. The molecule has 10 heavy (non-hydrogen) atoms. The Bertz CT molecular complexity index is 266. The largest absolute Gasteiger partial charge is 0.492 e. The molecular weight excluding hydrogens is 136 g/mol. The van der Waals surface area contributed by atoms with Crippen molar-refractivity contribution in [3.05, 3.63) is 11.8 Å². The highest BCUT2D eigenvalue weighted by molar-refractivity contribution is 5.89. The van der Waals surface area contributed by atoms with E-state index >= 15 is 0 Å². The van der Waals surface area contributed by atoms with Gasteiger partial charge in [-0.05, 0) is 0 Å². The number of carbonyl (C=O) groups is 1. The minimum absolute atomic E-state index is 0.178. The summed E-state index contributed by atoms with van der Waals surface area (Å²) in [4.78, 5) is 10.2. The molecular formula is C5H6N2O3. The molecule has 54 valence electrons. The molecule has 0 aliphatic heterocycles. The predicted octanol–water partition coefficient (Wildman–Crippen LogP) is -0.176. The Morgan fingerprint density at radius 2 is 2.40 bits per heavy atom. The number of aromatic hydroxyl groups is 1. The van der Waals surface area contributed by atoms with Gasteiger partial charge in [-0.2, -0.15) is 0 Å². The standard InChI is InChI=1S/C5H6N2O3/c1-7-2-3(5(9)10)4(8)6-7/h2H,1H3,(H,6,8)(H,9,10). The third-order valence-electron chi connectivity index (χ3n) is 1.04. The molecule has 1 heterocycles. The fourth-order valence-corrected chi connectivity index (χ4v) is 0.628. The molecule has 0 spiro atoms. The Morgan fingerprint density at radius 3 is 2.60 bits per heavy atom. The van der Waals surface area contributed by atoms with Gasteiger partial charge in [-0.15, -0.1) is 5.10 Å². The van der Waals surface area contributed by atoms with Crippen molar-refractivity contribution in [2.45, 2.75) is 0 Å². The van der Waals surface area contributed by atoms with Gasteiger partial charge in [0.2, 0.25) is 5.88 Å². The van der Waals surface area contributed by atoms with E-state index in [1.54, 1.807) is 0 Å². The minimum Gasteiger partial charge on any atom is -0.492 e. The van der Waals surface area contributed by atoms with Crippen LogP contribution in [0.3, 0.4) is 0 Å². The summed E-state index contributed by atoms with van der Waals surface area (Å²) in [6.45, 7) is 0. The first-order valence-electron chi connectivity index (χ1n) is 2.57. The predicted molar refractivity (Wildman–Crippen MR) is 31.8 cm³/mol. The van der Waals surface area contributed by atoms with Crippen LogP contribution < -0.4 is 0 Å². The lowest BCUT2D eigenvalue weighted by atomic mass is 10.3. The van der Waals surface area contributed by atoms with Crippen molar-refractivity contribution in [3.8, 4) is 5.88 Å². The molecule has 0 saturated carbocycles. The topological polar surface area (TPSA) is 75.4 Å². The van der Waals surface area contributed by atoms with Crippen molar-refractivity contribution >= 4 is 5.97 Å². The molecule has 0 aromatic carbocycles. The smallest absolute Gasteiger partial charge is 0.342 e. The van der Waals surface area contributed by atoms with Crippen molar-refractivity contribution in [3.63, 3.8) is 0 Å².